The largest absolute Gasteiger partial charge is 0.326 e. The van der Waals surface area contributed by atoms with Gasteiger partial charge in [-0.15, -0.1) is 0 Å². The predicted molar refractivity (Wildman–Crippen MR) is 117 cm³/mol. The van der Waals surface area contributed by atoms with Gasteiger partial charge in [-0.1, -0.05) is 54.6 Å². The van der Waals surface area contributed by atoms with Crippen LogP contribution in [0.4, 0.5) is 5.69 Å². The van der Waals surface area contributed by atoms with Crippen molar-refractivity contribution >= 4 is 17.6 Å². The fraction of sp³-hybridized carbons (Fsp3) is 0.200. The van der Waals surface area contributed by atoms with Crippen molar-refractivity contribution in [3.8, 4) is 11.1 Å². The van der Waals surface area contributed by atoms with E-state index >= 15 is 0 Å². The van der Waals surface area contributed by atoms with E-state index in [-0.39, 0.29) is 5.91 Å². The fourth-order valence-corrected chi connectivity index (χ4v) is 4.20. The summed E-state index contributed by atoms with van der Waals surface area (Å²) in [7, 11) is 0. The summed E-state index contributed by atoms with van der Waals surface area (Å²) >= 11 is 0. The minimum absolute atomic E-state index is 0.0130. The van der Waals surface area contributed by atoms with Gasteiger partial charge < -0.3 is 5.32 Å². The Kier molecular flexibility index (Phi) is 4.60. The lowest BCUT2D eigenvalue weighted by atomic mass is 10.0. The number of fused-ring (bicyclic) bond motifs is 1. The average molecular weight is 381 g/mol. The number of nitrogens with zero attached hydrogens (tertiary/aromatic N) is 2. The van der Waals surface area contributed by atoms with Gasteiger partial charge in [0.2, 0.25) is 5.96 Å². The van der Waals surface area contributed by atoms with E-state index in [4.69, 9.17) is 0 Å². The summed E-state index contributed by atoms with van der Waals surface area (Å²) < 4.78 is 0. The third-order valence-corrected chi connectivity index (χ3v) is 5.72. The van der Waals surface area contributed by atoms with Crippen molar-refractivity contribution in [3.05, 3.63) is 89.5 Å². The Morgan fingerprint density at radius 2 is 1.66 bits per heavy atom. The maximum Gasteiger partial charge on any atom is 0.260 e. The summed E-state index contributed by atoms with van der Waals surface area (Å²) in [5.41, 5.74) is 6.78. The number of hydrogen-bond donors (Lipinski definition) is 1. The average Bonchev–Trinajstić information content (AvgIpc) is 3.44. The number of aryl methyl sites for hydroxylation is 1. The van der Waals surface area contributed by atoms with Gasteiger partial charge in [-0.3, -0.25) is 14.7 Å². The SMILES string of the molecule is O=C(c1ccc(-c2ccccc2)cc1)N1CCN=C1Nc1cccc2c1CCC2. The van der Waals surface area contributed by atoms with Crippen molar-refractivity contribution < 1.29 is 4.79 Å². The maximum atomic E-state index is 13.1. The van der Waals surface area contributed by atoms with E-state index in [0.29, 0.717) is 24.6 Å². The molecule has 1 amide bonds. The van der Waals surface area contributed by atoms with Crippen LogP contribution in [0.3, 0.4) is 0 Å². The number of hydrogen-bond acceptors (Lipinski definition) is 3. The van der Waals surface area contributed by atoms with Crippen LogP contribution in [-0.4, -0.2) is 29.9 Å². The lowest BCUT2D eigenvalue weighted by molar-refractivity contribution is 0.0858. The Labute approximate surface area is 170 Å². The highest BCUT2D eigenvalue weighted by molar-refractivity contribution is 6.11. The summed E-state index contributed by atoms with van der Waals surface area (Å²) in [6, 6.07) is 24.4. The number of guanidine groups is 1. The van der Waals surface area contributed by atoms with Crippen molar-refractivity contribution in [1.29, 1.82) is 0 Å². The van der Waals surface area contributed by atoms with E-state index in [0.717, 1.165) is 29.7 Å². The molecule has 0 unspecified atom stereocenters. The van der Waals surface area contributed by atoms with Gasteiger partial charge in [0, 0.05) is 17.8 Å². The molecule has 1 aliphatic carbocycles. The van der Waals surface area contributed by atoms with E-state index in [1.807, 2.05) is 42.5 Å². The zero-order valence-corrected chi connectivity index (χ0v) is 16.3. The first kappa shape index (κ1) is 17.7. The number of anilines is 1. The molecule has 2 aliphatic rings. The molecule has 0 fully saturated rings. The molecule has 0 radical (unpaired) electrons. The van der Waals surface area contributed by atoms with Gasteiger partial charge >= 0.3 is 0 Å². The van der Waals surface area contributed by atoms with Crippen LogP contribution >= 0.6 is 0 Å². The second-order valence-corrected chi connectivity index (χ2v) is 7.53. The lowest BCUT2D eigenvalue weighted by Crippen LogP contribution is -2.38. The van der Waals surface area contributed by atoms with Crippen LogP contribution in [0.15, 0.2) is 77.8 Å². The summed E-state index contributed by atoms with van der Waals surface area (Å²) in [6.07, 6.45) is 3.41. The highest BCUT2D eigenvalue weighted by Gasteiger charge is 2.26. The molecule has 0 bridgehead atoms. The smallest absolute Gasteiger partial charge is 0.260 e. The lowest BCUT2D eigenvalue weighted by Gasteiger charge is -2.21. The zero-order valence-electron chi connectivity index (χ0n) is 16.3. The van der Waals surface area contributed by atoms with Crippen LogP contribution in [0.1, 0.15) is 27.9 Å². The van der Waals surface area contributed by atoms with Crippen LogP contribution in [0.2, 0.25) is 0 Å². The highest BCUT2D eigenvalue weighted by Crippen LogP contribution is 2.29. The third-order valence-electron chi connectivity index (χ3n) is 5.72. The first-order valence-electron chi connectivity index (χ1n) is 10.2. The number of carbonyl (C=O) groups is 1. The minimum Gasteiger partial charge on any atom is -0.326 e. The molecule has 4 nitrogen and oxygen atoms in total. The highest BCUT2D eigenvalue weighted by atomic mass is 16.2. The summed E-state index contributed by atoms with van der Waals surface area (Å²) in [6.45, 7) is 1.24. The number of carbonyl (C=O) groups excluding carboxylic acids is 1. The molecule has 3 aromatic carbocycles. The molecule has 29 heavy (non-hydrogen) atoms. The molecular formula is C25H23N3O. The summed E-state index contributed by atoms with van der Waals surface area (Å²) in [4.78, 5) is 19.5. The van der Waals surface area contributed by atoms with Gasteiger partial charge in [-0.05, 0) is 59.7 Å². The molecule has 4 heteroatoms. The van der Waals surface area contributed by atoms with Gasteiger partial charge in [-0.25, -0.2) is 0 Å². The van der Waals surface area contributed by atoms with Gasteiger partial charge in [0.15, 0.2) is 0 Å². The predicted octanol–water partition coefficient (Wildman–Crippen LogP) is 4.77. The summed E-state index contributed by atoms with van der Waals surface area (Å²) in [5.74, 6) is 0.642. The molecular weight excluding hydrogens is 358 g/mol. The molecule has 3 aromatic rings. The van der Waals surface area contributed by atoms with Crippen molar-refractivity contribution in [1.82, 2.24) is 4.90 Å². The first-order valence-corrected chi connectivity index (χ1v) is 10.2. The van der Waals surface area contributed by atoms with Gasteiger partial charge in [0.05, 0.1) is 6.54 Å². The van der Waals surface area contributed by atoms with E-state index in [1.54, 1.807) is 4.90 Å². The molecule has 0 saturated carbocycles. The van der Waals surface area contributed by atoms with Crippen molar-refractivity contribution in [2.75, 3.05) is 18.4 Å². The van der Waals surface area contributed by atoms with E-state index in [9.17, 15) is 4.79 Å². The van der Waals surface area contributed by atoms with Gasteiger partial charge in [-0.2, -0.15) is 0 Å². The normalized spacial score (nSPS) is 15.2. The molecule has 1 N–H and O–H groups in total. The Morgan fingerprint density at radius 3 is 2.48 bits per heavy atom. The van der Waals surface area contributed by atoms with Crippen molar-refractivity contribution in [3.63, 3.8) is 0 Å². The molecule has 1 heterocycles. The quantitative estimate of drug-likeness (QED) is 0.710. The Bertz CT molecular complexity index is 1070. The number of benzene rings is 3. The second kappa shape index (κ2) is 7.55. The standard InChI is InChI=1S/C25H23N3O/c29-24(21-14-12-19(13-15-21)18-6-2-1-3-7-18)28-17-16-26-25(28)27-23-11-5-9-20-8-4-10-22(20)23/h1-3,5-7,9,11-15H,4,8,10,16-17H2,(H,26,27). The van der Waals surface area contributed by atoms with E-state index in [1.165, 1.54) is 17.5 Å². The van der Waals surface area contributed by atoms with Crippen LogP contribution in [-0.2, 0) is 12.8 Å². The fourth-order valence-electron chi connectivity index (χ4n) is 4.20. The topological polar surface area (TPSA) is 44.7 Å². The number of amides is 1. The number of aliphatic imine (C=N–C) groups is 1. The monoisotopic (exact) mass is 381 g/mol. The van der Waals surface area contributed by atoms with Crippen LogP contribution in [0.25, 0.3) is 11.1 Å². The maximum absolute atomic E-state index is 13.1. The molecule has 0 saturated heterocycles. The van der Waals surface area contributed by atoms with Crippen molar-refractivity contribution in [2.45, 2.75) is 19.3 Å². The van der Waals surface area contributed by atoms with Crippen molar-refractivity contribution in [2.24, 2.45) is 4.99 Å². The zero-order chi connectivity index (χ0) is 19.6. The van der Waals surface area contributed by atoms with Crippen LogP contribution in [0.5, 0.6) is 0 Å². The minimum atomic E-state index is -0.0130. The number of nitrogens with one attached hydrogen (secondary N) is 1. The van der Waals surface area contributed by atoms with E-state index < -0.39 is 0 Å². The van der Waals surface area contributed by atoms with Gasteiger partial charge in [0.25, 0.3) is 5.91 Å². The summed E-state index contributed by atoms with van der Waals surface area (Å²) in [5, 5.41) is 3.43. The number of rotatable bonds is 3. The van der Waals surface area contributed by atoms with Gasteiger partial charge in [0.1, 0.15) is 0 Å². The Morgan fingerprint density at radius 1 is 0.862 bits per heavy atom. The molecule has 0 aromatic heterocycles. The third kappa shape index (κ3) is 3.42. The molecule has 0 atom stereocenters. The van der Waals surface area contributed by atoms with Crippen LogP contribution in [0, 0.1) is 0 Å². The molecule has 1 aliphatic heterocycles. The molecule has 5 rings (SSSR count). The van der Waals surface area contributed by atoms with E-state index in [2.05, 4.69) is 40.6 Å². The first-order chi connectivity index (χ1) is 14.3. The Balaban J connectivity index is 1.35. The Hall–Kier alpha value is -3.40. The molecule has 0 spiro atoms. The second-order valence-electron chi connectivity index (χ2n) is 7.53. The van der Waals surface area contributed by atoms with Crippen LogP contribution < -0.4 is 5.32 Å². The molecule has 144 valence electrons.